The molecule has 0 aliphatic carbocycles. The molecule has 0 bridgehead atoms. The molecule has 13 heavy (non-hydrogen) atoms. The molecule has 2 aromatic carbocycles. The highest BCUT2D eigenvalue weighted by atomic mass is 32.1. The number of fused-ring (bicyclic) bond motifs is 3. The molecule has 0 amide bonds. The molecular formula is C12H6S. The first-order valence-corrected chi connectivity index (χ1v) is 4.96. The van der Waals surface area contributed by atoms with E-state index in [1.165, 1.54) is 20.2 Å². The Morgan fingerprint density at radius 1 is 1.00 bits per heavy atom. The zero-order valence-corrected chi connectivity index (χ0v) is 7.69. The second kappa shape index (κ2) is 2.48. The lowest BCUT2D eigenvalue weighted by Gasteiger charge is -1.86. The van der Waals surface area contributed by atoms with Gasteiger partial charge in [0.15, 0.2) is 0 Å². The molecule has 3 rings (SSSR count). The van der Waals surface area contributed by atoms with Gasteiger partial charge in [-0.05, 0) is 18.2 Å². The fourth-order valence-electron chi connectivity index (χ4n) is 1.56. The van der Waals surface area contributed by atoms with E-state index in [1.54, 1.807) is 11.3 Å². The van der Waals surface area contributed by atoms with E-state index in [4.69, 9.17) is 0 Å². The van der Waals surface area contributed by atoms with E-state index >= 15 is 0 Å². The van der Waals surface area contributed by atoms with Crippen molar-refractivity contribution in [3.63, 3.8) is 0 Å². The maximum atomic E-state index is 3.13. The molecule has 0 aliphatic rings. The average Bonchev–Trinajstić information content (AvgIpc) is 2.56. The first-order valence-electron chi connectivity index (χ1n) is 4.15. The van der Waals surface area contributed by atoms with Crippen molar-refractivity contribution in [2.24, 2.45) is 0 Å². The molecule has 60 valence electrons. The minimum absolute atomic E-state index is 1.20. The van der Waals surface area contributed by atoms with Gasteiger partial charge in [-0.2, -0.15) is 0 Å². The number of benzene rings is 1. The smallest absolute Gasteiger partial charge is 0.0857 e. The average molecular weight is 182 g/mol. The lowest BCUT2D eigenvalue weighted by Crippen LogP contribution is -1.61. The highest BCUT2D eigenvalue weighted by molar-refractivity contribution is 7.25. The van der Waals surface area contributed by atoms with Gasteiger partial charge in [0.1, 0.15) is 0 Å². The van der Waals surface area contributed by atoms with Crippen LogP contribution in [0.3, 0.4) is 0 Å². The Bertz CT molecular complexity index is 513. The van der Waals surface area contributed by atoms with Crippen LogP contribution in [0.25, 0.3) is 20.2 Å². The largest absolute Gasteiger partial charge is 0.126 e. The van der Waals surface area contributed by atoms with Gasteiger partial charge in [0, 0.05) is 15.5 Å². The maximum Gasteiger partial charge on any atom is 0.0857 e. The van der Waals surface area contributed by atoms with Crippen LogP contribution in [0.4, 0.5) is 0 Å². The molecule has 0 radical (unpaired) electrons. The summed E-state index contributed by atoms with van der Waals surface area (Å²) in [4.78, 5) is 0. The van der Waals surface area contributed by atoms with Crippen molar-refractivity contribution >= 4 is 31.5 Å². The second-order valence-corrected chi connectivity index (χ2v) is 4.00. The Hall–Kier alpha value is -1.52. The molecule has 0 unspecified atom stereocenters. The summed E-state index contributed by atoms with van der Waals surface area (Å²) in [5.41, 5.74) is 0. The Morgan fingerprint density at radius 3 is 2.92 bits per heavy atom. The van der Waals surface area contributed by atoms with E-state index in [0.717, 1.165) is 0 Å². The second-order valence-electron chi connectivity index (χ2n) is 2.94. The Labute approximate surface area is 80.4 Å². The van der Waals surface area contributed by atoms with Crippen molar-refractivity contribution in [2.45, 2.75) is 0 Å². The summed E-state index contributed by atoms with van der Waals surface area (Å²) < 4.78 is 2.53. The van der Waals surface area contributed by atoms with E-state index in [9.17, 15) is 0 Å². The van der Waals surface area contributed by atoms with Crippen LogP contribution >= 0.6 is 11.3 Å². The van der Waals surface area contributed by atoms with Crippen LogP contribution in [0.2, 0.25) is 0 Å². The molecule has 0 aliphatic heterocycles. The predicted octanol–water partition coefficient (Wildman–Crippen LogP) is 3.65. The van der Waals surface area contributed by atoms with Crippen LogP contribution in [0.5, 0.6) is 0 Å². The van der Waals surface area contributed by atoms with Crippen LogP contribution in [0.1, 0.15) is 0 Å². The Kier molecular flexibility index (Phi) is 1.32. The maximum absolute atomic E-state index is 3.13. The summed E-state index contributed by atoms with van der Waals surface area (Å²) in [6.45, 7) is 0. The first kappa shape index (κ1) is 6.94. The molecule has 0 fully saturated rings. The molecule has 1 aromatic heterocycles. The predicted molar refractivity (Wildman–Crippen MR) is 57.0 cm³/mol. The summed E-state index contributed by atoms with van der Waals surface area (Å²) >= 11 is 1.77. The van der Waals surface area contributed by atoms with E-state index in [2.05, 4.69) is 42.5 Å². The van der Waals surface area contributed by atoms with Crippen LogP contribution in [0, 0.1) is 12.1 Å². The van der Waals surface area contributed by atoms with Gasteiger partial charge in [-0.3, -0.25) is 0 Å². The number of rotatable bonds is 0. The lowest BCUT2D eigenvalue weighted by molar-refractivity contribution is 1.85. The zero-order valence-electron chi connectivity index (χ0n) is 6.87. The minimum atomic E-state index is 1.20. The monoisotopic (exact) mass is 182 g/mol. The molecule has 0 nitrogen and oxygen atoms in total. The normalized spacial score (nSPS) is 10.5. The number of thiophene rings is 1. The van der Waals surface area contributed by atoms with Gasteiger partial charge in [0.25, 0.3) is 0 Å². The summed E-state index contributed by atoms with van der Waals surface area (Å²) in [7, 11) is 0. The minimum Gasteiger partial charge on any atom is -0.126 e. The molecule has 3 aromatic rings. The lowest BCUT2D eigenvalue weighted by atomic mass is 10.2. The quantitative estimate of drug-likeness (QED) is 0.497. The van der Waals surface area contributed by atoms with E-state index < -0.39 is 0 Å². The third-order valence-corrected chi connectivity index (χ3v) is 3.25. The van der Waals surface area contributed by atoms with Gasteiger partial charge < -0.3 is 0 Å². The molecular weight excluding hydrogens is 176 g/mol. The van der Waals surface area contributed by atoms with Crippen molar-refractivity contribution < 1.29 is 0 Å². The fourth-order valence-corrected chi connectivity index (χ4v) is 2.61. The van der Waals surface area contributed by atoms with Gasteiger partial charge in [-0.25, -0.2) is 0 Å². The van der Waals surface area contributed by atoms with Gasteiger partial charge in [0.2, 0.25) is 0 Å². The van der Waals surface area contributed by atoms with E-state index in [-0.39, 0.29) is 0 Å². The summed E-state index contributed by atoms with van der Waals surface area (Å²) in [6, 6.07) is 18.6. The highest BCUT2D eigenvalue weighted by Crippen LogP contribution is 2.31. The van der Waals surface area contributed by atoms with Crippen LogP contribution in [-0.4, -0.2) is 0 Å². The molecule has 0 N–H and O–H groups in total. The third kappa shape index (κ3) is 0.929. The molecule has 1 heteroatoms. The Morgan fingerprint density at radius 2 is 1.92 bits per heavy atom. The van der Waals surface area contributed by atoms with Gasteiger partial charge >= 0.3 is 0 Å². The van der Waals surface area contributed by atoms with Crippen molar-refractivity contribution in [3.8, 4) is 0 Å². The van der Waals surface area contributed by atoms with Crippen molar-refractivity contribution in [1.82, 2.24) is 0 Å². The summed E-state index contributed by atoms with van der Waals surface area (Å²) in [5.74, 6) is 0. The first-order chi connectivity index (χ1) is 6.45. The number of hydrogen-bond donors (Lipinski definition) is 0. The molecule has 0 saturated heterocycles. The fraction of sp³-hybridized carbons (Fsp3) is 0. The van der Waals surface area contributed by atoms with Gasteiger partial charge in [0.05, 0.1) is 4.70 Å². The van der Waals surface area contributed by atoms with Crippen LogP contribution in [0.15, 0.2) is 36.4 Å². The topological polar surface area (TPSA) is 0 Å². The van der Waals surface area contributed by atoms with Crippen LogP contribution < -0.4 is 0 Å². The molecule has 1 heterocycles. The summed E-state index contributed by atoms with van der Waals surface area (Å²) in [5, 5.41) is 2.62. The molecule has 0 saturated carbocycles. The molecule has 0 spiro atoms. The Balaban J connectivity index is 2.64. The zero-order chi connectivity index (χ0) is 8.67. The van der Waals surface area contributed by atoms with Gasteiger partial charge in [-0.1, -0.05) is 30.3 Å². The van der Waals surface area contributed by atoms with Gasteiger partial charge in [-0.15, -0.1) is 11.3 Å². The third-order valence-electron chi connectivity index (χ3n) is 2.15. The SMILES string of the molecule is c1ccc2c(c#1)sc1ccccc12. The highest BCUT2D eigenvalue weighted by Gasteiger charge is 2.01. The van der Waals surface area contributed by atoms with E-state index in [0.29, 0.717) is 0 Å². The van der Waals surface area contributed by atoms with Crippen molar-refractivity contribution in [1.29, 1.82) is 0 Å². The number of hydrogen-bond acceptors (Lipinski definition) is 1. The van der Waals surface area contributed by atoms with E-state index in [1.807, 2.05) is 6.07 Å². The van der Waals surface area contributed by atoms with Crippen molar-refractivity contribution in [2.75, 3.05) is 0 Å². The standard InChI is InChI=1S/C12H6S/c1-3-7-11-9(5-1)10-6-2-4-8-12(10)13-11/h1-3,5-7H. The van der Waals surface area contributed by atoms with Crippen LogP contribution in [-0.2, 0) is 0 Å². The summed E-state index contributed by atoms with van der Waals surface area (Å²) in [6.07, 6.45) is 0. The molecule has 0 atom stereocenters. The van der Waals surface area contributed by atoms with Crippen molar-refractivity contribution in [3.05, 3.63) is 48.5 Å².